The minimum Gasteiger partial charge on any atom is -0.398 e. The molecule has 2 aromatic heterocycles. The van der Waals surface area contributed by atoms with Gasteiger partial charge in [-0.25, -0.2) is 0 Å². The Morgan fingerprint density at radius 1 is 1.53 bits per heavy atom. The van der Waals surface area contributed by atoms with Crippen molar-refractivity contribution in [3.63, 3.8) is 0 Å². The highest BCUT2D eigenvalue weighted by Gasteiger charge is 2.06. The van der Waals surface area contributed by atoms with E-state index in [-0.39, 0.29) is 5.56 Å². The molecule has 6 heteroatoms. The molecule has 0 amide bonds. The molecule has 0 aliphatic rings. The Morgan fingerprint density at radius 2 is 2.29 bits per heavy atom. The van der Waals surface area contributed by atoms with Crippen LogP contribution in [0.25, 0.3) is 0 Å². The molecule has 2 heterocycles. The van der Waals surface area contributed by atoms with Gasteiger partial charge in [0.1, 0.15) is 0 Å². The molecule has 0 unspecified atom stereocenters. The molecule has 0 aromatic carbocycles. The second-order valence-corrected chi connectivity index (χ2v) is 4.78. The number of nitrogens with zero attached hydrogens (tertiary/aromatic N) is 2. The van der Waals surface area contributed by atoms with Crippen molar-refractivity contribution >= 4 is 33.2 Å². The van der Waals surface area contributed by atoms with Crippen molar-refractivity contribution in [1.82, 2.24) is 9.55 Å². The Bertz CT molecular complexity index is 612. The van der Waals surface area contributed by atoms with E-state index in [0.29, 0.717) is 21.7 Å². The van der Waals surface area contributed by atoms with Crippen LogP contribution in [-0.4, -0.2) is 9.55 Å². The van der Waals surface area contributed by atoms with E-state index in [1.807, 2.05) is 0 Å². The highest BCUT2D eigenvalue weighted by Crippen LogP contribution is 2.15. The molecule has 4 nitrogen and oxygen atoms in total. The molecule has 0 aliphatic carbocycles. The molecular formula is C11H9BrClN3O. The Labute approximate surface area is 111 Å². The largest absolute Gasteiger partial charge is 0.398 e. The first-order valence-electron chi connectivity index (χ1n) is 4.82. The molecule has 0 saturated heterocycles. The van der Waals surface area contributed by atoms with Gasteiger partial charge in [-0.1, -0.05) is 11.6 Å². The third-order valence-corrected chi connectivity index (χ3v) is 3.17. The number of nitrogen functional groups attached to an aromatic ring is 1. The summed E-state index contributed by atoms with van der Waals surface area (Å²) in [6.07, 6.45) is 4.76. The number of nitrogens with two attached hydrogens (primary N) is 1. The standard InChI is InChI=1S/C11H9BrClN3O/c12-9-3-8(14)6-16(11(9)17)5-7-1-2-15-4-10(7)13/h1-4,6H,5,14H2. The molecule has 88 valence electrons. The van der Waals surface area contributed by atoms with Crippen molar-refractivity contribution in [3.05, 3.63) is 56.1 Å². The molecule has 17 heavy (non-hydrogen) atoms. The van der Waals surface area contributed by atoms with Crippen LogP contribution in [0.15, 0.2) is 40.0 Å². The van der Waals surface area contributed by atoms with Crippen molar-refractivity contribution in [3.8, 4) is 0 Å². The molecule has 0 fully saturated rings. The summed E-state index contributed by atoms with van der Waals surface area (Å²) in [6, 6.07) is 3.35. The molecule has 0 aliphatic heterocycles. The third-order valence-electron chi connectivity index (χ3n) is 2.26. The molecule has 0 spiro atoms. The van der Waals surface area contributed by atoms with Crippen LogP contribution in [0, 0.1) is 0 Å². The van der Waals surface area contributed by atoms with Gasteiger partial charge in [-0.2, -0.15) is 0 Å². The van der Waals surface area contributed by atoms with Crippen molar-refractivity contribution in [2.45, 2.75) is 6.54 Å². The molecule has 0 atom stereocenters. The van der Waals surface area contributed by atoms with Gasteiger partial charge >= 0.3 is 0 Å². The highest BCUT2D eigenvalue weighted by atomic mass is 79.9. The molecular weight excluding hydrogens is 305 g/mol. The summed E-state index contributed by atoms with van der Waals surface area (Å²) in [6.45, 7) is 0.365. The minimum absolute atomic E-state index is 0.146. The van der Waals surface area contributed by atoms with Crippen LogP contribution < -0.4 is 11.3 Å². The van der Waals surface area contributed by atoms with Crippen LogP contribution in [0.1, 0.15) is 5.56 Å². The van der Waals surface area contributed by atoms with Gasteiger partial charge in [-0.15, -0.1) is 0 Å². The molecule has 2 N–H and O–H groups in total. The summed E-state index contributed by atoms with van der Waals surface area (Å²) >= 11 is 9.16. The fourth-order valence-corrected chi connectivity index (χ4v) is 2.13. The van der Waals surface area contributed by atoms with E-state index in [1.54, 1.807) is 30.7 Å². The van der Waals surface area contributed by atoms with Crippen molar-refractivity contribution in [2.24, 2.45) is 0 Å². The zero-order valence-electron chi connectivity index (χ0n) is 8.73. The minimum atomic E-state index is -0.146. The van der Waals surface area contributed by atoms with Gasteiger partial charge in [0.15, 0.2) is 0 Å². The van der Waals surface area contributed by atoms with Crippen molar-refractivity contribution in [2.75, 3.05) is 5.73 Å². The SMILES string of the molecule is Nc1cc(Br)c(=O)n(Cc2ccncc2Cl)c1. The third kappa shape index (κ3) is 2.68. The Morgan fingerprint density at radius 3 is 3.00 bits per heavy atom. The molecule has 2 aromatic rings. The topological polar surface area (TPSA) is 60.9 Å². The van der Waals surface area contributed by atoms with E-state index in [9.17, 15) is 4.79 Å². The average Bonchev–Trinajstić information content (AvgIpc) is 2.28. The fraction of sp³-hybridized carbons (Fsp3) is 0.0909. The summed E-state index contributed by atoms with van der Waals surface area (Å²) < 4.78 is 1.93. The van der Waals surface area contributed by atoms with E-state index < -0.39 is 0 Å². The lowest BCUT2D eigenvalue weighted by molar-refractivity contribution is 0.756. The first kappa shape index (κ1) is 12.1. The first-order chi connectivity index (χ1) is 8.08. The predicted molar refractivity (Wildman–Crippen MR) is 71.2 cm³/mol. The van der Waals surface area contributed by atoms with E-state index in [4.69, 9.17) is 17.3 Å². The van der Waals surface area contributed by atoms with Gasteiger partial charge in [-0.3, -0.25) is 9.78 Å². The van der Waals surface area contributed by atoms with Gasteiger partial charge in [0.05, 0.1) is 16.0 Å². The lowest BCUT2D eigenvalue weighted by atomic mass is 10.2. The Balaban J connectivity index is 2.44. The molecule has 0 saturated carbocycles. The second kappa shape index (κ2) is 4.89. The maximum absolute atomic E-state index is 11.8. The molecule has 0 radical (unpaired) electrons. The number of anilines is 1. The van der Waals surface area contributed by atoms with Gasteiger partial charge in [-0.05, 0) is 33.6 Å². The average molecular weight is 315 g/mol. The normalized spacial score (nSPS) is 10.5. The highest BCUT2D eigenvalue weighted by molar-refractivity contribution is 9.10. The van der Waals surface area contributed by atoms with E-state index in [0.717, 1.165) is 5.56 Å². The summed E-state index contributed by atoms with van der Waals surface area (Å²) in [5.74, 6) is 0. The van der Waals surface area contributed by atoms with Gasteiger partial charge in [0, 0.05) is 24.3 Å². The Hall–Kier alpha value is -1.33. The van der Waals surface area contributed by atoms with Crippen molar-refractivity contribution in [1.29, 1.82) is 0 Å². The maximum atomic E-state index is 11.8. The van der Waals surface area contributed by atoms with Crippen LogP contribution in [0.5, 0.6) is 0 Å². The molecule has 0 bridgehead atoms. The zero-order chi connectivity index (χ0) is 12.4. The fourth-order valence-electron chi connectivity index (χ4n) is 1.45. The van der Waals surface area contributed by atoms with Crippen LogP contribution >= 0.6 is 27.5 Å². The van der Waals surface area contributed by atoms with E-state index >= 15 is 0 Å². The second-order valence-electron chi connectivity index (χ2n) is 3.52. The summed E-state index contributed by atoms with van der Waals surface area (Å²) in [7, 11) is 0. The summed E-state index contributed by atoms with van der Waals surface area (Å²) in [5, 5.41) is 0.526. The molecule has 2 rings (SSSR count). The van der Waals surface area contributed by atoms with Gasteiger partial charge in [0.25, 0.3) is 5.56 Å². The lowest BCUT2D eigenvalue weighted by Crippen LogP contribution is -2.21. The van der Waals surface area contributed by atoms with Gasteiger partial charge < -0.3 is 10.3 Å². The zero-order valence-corrected chi connectivity index (χ0v) is 11.1. The number of pyridine rings is 2. The van der Waals surface area contributed by atoms with E-state index in [2.05, 4.69) is 20.9 Å². The smallest absolute Gasteiger partial charge is 0.265 e. The van der Waals surface area contributed by atoms with Gasteiger partial charge in [0.2, 0.25) is 0 Å². The number of rotatable bonds is 2. The van der Waals surface area contributed by atoms with E-state index in [1.165, 1.54) is 4.57 Å². The Kier molecular flexibility index (Phi) is 3.49. The summed E-state index contributed by atoms with van der Waals surface area (Å²) in [5.41, 5.74) is 6.87. The lowest BCUT2D eigenvalue weighted by Gasteiger charge is -2.08. The van der Waals surface area contributed by atoms with Crippen LogP contribution in [0.2, 0.25) is 5.02 Å². The van der Waals surface area contributed by atoms with Crippen molar-refractivity contribution < 1.29 is 0 Å². The number of aromatic nitrogens is 2. The van der Waals surface area contributed by atoms with Crippen LogP contribution in [0.3, 0.4) is 0 Å². The number of hydrogen-bond acceptors (Lipinski definition) is 3. The summed E-state index contributed by atoms with van der Waals surface area (Å²) in [4.78, 5) is 15.7. The number of hydrogen-bond donors (Lipinski definition) is 1. The first-order valence-corrected chi connectivity index (χ1v) is 5.99. The quantitative estimate of drug-likeness (QED) is 0.925. The number of halogens is 2. The maximum Gasteiger partial charge on any atom is 0.265 e. The monoisotopic (exact) mass is 313 g/mol. The van der Waals surface area contributed by atoms with Crippen LogP contribution in [-0.2, 0) is 6.54 Å². The predicted octanol–water partition coefficient (Wildman–Crippen LogP) is 2.29. The van der Waals surface area contributed by atoms with Crippen LogP contribution in [0.4, 0.5) is 5.69 Å².